The van der Waals surface area contributed by atoms with Crippen LogP contribution in [0.2, 0.25) is 10.0 Å². The van der Waals surface area contributed by atoms with Crippen LogP contribution >= 0.6 is 23.2 Å². The van der Waals surface area contributed by atoms with Crippen LogP contribution in [0.25, 0.3) is 22.0 Å². The van der Waals surface area contributed by atoms with Crippen LogP contribution in [0, 0.1) is 0 Å². The molecule has 2 N–H and O–H groups in total. The van der Waals surface area contributed by atoms with E-state index in [9.17, 15) is 22.8 Å². The lowest BCUT2D eigenvalue weighted by Crippen LogP contribution is -2.19. The molecule has 0 radical (unpaired) electrons. The topological polar surface area (TPSA) is 92.8 Å². The summed E-state index contributed by atoms with van der Waals surface area (Å²) in [5.41, 5.74) is 2.24. The Morgan fingerprint density at radius 2 is 1.66 bits per heavy atom. The zero-order chi connectivity index (χ0) is 31.4. The van der Waals surface area contributed by atoms with E-state index in [0.29, 0.717) is 11.1 Å². The molecule has 0 bridgehead atoms. The van der Waals surface area contributed by atoms with Crippen molar-refractivity contribution >= 4 is 52.2 Å². The number of benzene rings is 4. The minimum Gasteiger partial charge on any atom is -0.490 e. The van der Waals surface area contributed by atoms with Crippen molar-refractivity contribution in [2.75, 3.05) is 6.61 Å². The molecule has 0 fully saturated rings. The van der Waals surface area contributed by atoms with Crippen molar-refractivity contribution in [1.82, 2.24) is 10.4 Å². The van der Waals surface area contributed by atoms with Gasteiger partial charge in [-0.25, -0.2) is 10.2 Å². The van der Waals surface area contributed by atoms with Gasteiger partial charge in [-0.15, -0.1) is 0 Å². The monoisotopic (exact) mass is 639 g/mol. The molecular formula is C32H22Cl2F3N3O4. The van der Waals surface area contributed by atoms with Crippen molar-refractivity contribution in [1.29, 1.82) is 0 Å². The number of aromatic nitrogens is 1. The Bertz CT molecular complexity index is 1900. The summed E-state index contributed by atoms with van der Waals surface area (Å²) in [4.78, 5) is 28.6. The summed E-state index contributed by atoms with van der Waals surface area (Å²) in [6, 6.07) is 21.3. The van der Waals surface area contributed by atoms with Crippen molar-refractivity contribution in [2.45, 2.75) is 13.1 Å². The first-order valence-corrected chi connectivity index (χ1v) is 13.9. The highest BCUT2D eigenvalue weighted by atomic mass is 35.5. The molecule has 0 aliphatic carbocycles. The number of carbonyl (C=O) groups excluding carboxylic acids is 2. The summed E-state index contributed by atoms with van der Waals surface area (Å²) in [6.07, 6.45) is -3.36. The number of amides is 1. The molecule has 5 rings (SSSR count). The minimum atomic E-state index is -4.67. The van der Waals surface area contributed by atoms with Gasteiger partial charge in [0.15, 0.2) is 11.5 Å². The van der Waals surface area contributed by atoms with Crippen LogP contribution in [0.5, 0.6) is 11.5 Å². The zero-order valence-electron chi connectivity index (χ0n) is 22.8. The van der Waals surface area contributed by atoms with Crippen molar-refractivity contribution in [3.05, 3.63) is 117 Å². The third-order valence-electron chi connectivity index (χ3n) is 6.45. The standard InChI is InChI=1S/C32H22Cl2F3N3O4/c1-2-43-26-16-18(14-15-25(26)44-31(42)20-9-4-6-13-24(20)34)17-38-40-30(41)29-27(19-8-3-5-12-23(19)33)21-10-7-11-22(28(21)39-29)32(35,36)37/h3-17,39H,2H2,1H3,(H,40,41). The lowest BCUT2D eigenvalue weighted by molar-refractivity contribution is -0.136. The molecule has 4 aromatic carbocycles. The Labute approximate surface area is 259 Å². The van der Waals surface area contributed by atoms with Crippen molar-refractivity contribution in [3.8, 4) is 22.6 Å². The molecule has 0 spiro atoms. The second-order valence-electron chi connectivity index (χ2n) is 9.29. The van der Waals surface area contributed by atoms with Gasteiger partial charge in [0, 0.05) is 21.5 Å². The average Bonchev–Trinajstić information content (AvgIpc) is 3.38. The molecule has 0 aliphatic heterocycles. The number of para-hydroxylation sites is 1. The van der Waals surface area contributed by atoms with E-state index in [1.807, 2.05) is 0 Å². The van der Waals surface area contributed by atoms with Gasteiger partial charge in [-0.3, -0.25) is 4.79 Å². The van der Waals surface area contributed by atoms with E-state index in [4.69, 9.17) is 32.7 Å². The molecule has 0 saturated carbocycles. The molecule has 5 aromatic rings. The Kier molecular flexibility index (Phi) is 8.93. The molecule has 1 amide bonds. The van der Waals surface area contributed by atoms with Gasteiger partial charge in [-0.2, -0.15) is 18.3 Å². The number of alkyl halides is 3. The molecular weight excluding hydrogens is 618 g/mol. The van der Waals surface area contributed by atoms with Gasteiger partial charge in [0.05, 0.1) is 34.5 Å². The molecule has 7 nitrogen and oxygen atoms in total. The second-order valence-corrected chi connectivity index (χ2v) is 10.1. The maximum absolute atomic E-state index is 13.8. The number of fused-ring (bicyclic) bond motifs is 1. The van der Waals surface area contributed by atoms with Crippen LogP contribution in [0.4, 0.5) is 13.2 Å². The molecule has 1 aromatic heterocycles. The molecule has 0 unspecified atom stereocenters. The number of ether oxygens (including phenoxy) is 2. The molecule has 44 heavy (non-hydrogen) atoms. The summed E-state index contributed by atoms with van der Waals surface area (Å²) in [5, 5.41) is 4.64. The number of hydrazone groups is 1. The van der Waals surface area contributed by atoms with Crippen LogP contribution in [-0.2, 0) is 6.18 Å². The third-order valence-corrected chi connectivity index (χ3v) is 7.11. The lowest BCUT2D eigenvalue weighted by atomic mass is 10.00. The summed E-state index contributed by atoms with van der Waals surface area (Å²) >= 11 is 12.5. The van der Waals surface area contributed by atoms with Gasteiger partial charge in [0.2, 0.25) is 0 Å². The number of esters is 1. The van der Waals surface area contributed by atoms with Gasteiger partial charge < -0.3 is 14.5 Å². The Morgan fingerprint density at radius 1 is 0.932 bits per heavy atom. The van der Waals surface area contributed by atoms with Crippen molar-refractivity contribution < 1.29 is 32.2 Å². The van der Waals surface area contributed by atoms with E-state index < -0.39 is 23.6 Å². The number of rotatable bonds is 8. The highest BCUT2D eigenvalue weighted by Crippen LogP contribution is 2.41. The summed E-state index contributed by atoms with van der Waals surface area (Å²) in [6.45, 7) is 2.01. The highest BCUT2D eigenvalue weighted by Gasteiger charge is 2.35. The fraction of sp³-hybridized carbons (Fsp3) is 0.0938. The molecule has 0 aliphatic rings. The van der Waals surface area contributed by atoms with Gasteiger partial charge in [0.25, 0.3) is 5.91 Å². The van der Waals surface area contributed by atoms with Gasteiger partial charge in [-0.05, 0) is 55.0 Å². The van der Waals surface area contributed by atoms with E-state index in [0.717, 1.165) is 6.07 Å². The number of hydrogen-bond acceptors (Lipinski definition) is 5. The number of halogens is 5. The Hall–Kier alpha value is -4.80. The maximum Gasteiger partial charge on any atom is 0.418 e. The second kappa shape index (κ2) is 12.8. The molecule has 0 saturated heterocycles. The van der Waals surface area contributed by atoms with Crippen LogP contribution in [0.1, 0.15) is 38.9 Å². The van der Waals surface area contributed by atoms with Crippen LogP contribution in [0.15, 0.2) is 90.0 Å². The van der Waals surface area contributed by atoms with Gasteiger partial charge >= 0.3 is 12.1 Å². The minimum absolute atomic E-state index is 0.140. The number of H-pyrrole nitrogens is 1. The fourth-order valence-electron chi connectivity index (χ4n) is 4.53. The predicted octanol–water partition coefficient (Wildman–Crippen LogP) is 8.54. The smallest absolute Gasteiger partial charge is 0.418 e. The fourth-order valence-corrected chi connectivity index (χ4v) is 4.97. The Balaban J connectivity index is 1.43. The van der Waals surface area contributed by atoms with E-state index in [2.05, 4.69) is 15.5 Å². The number of hydrogen-bond donors (Lipinski definition) is 2. The zero-order valence-corrected chi connectivity index (χ0v) is 24.3. The van der Waals surface area contributed by atoms with Crippen molar-refractivity contribution in [3.63, 3.8) is 0 Å². The van der Waals surface area contributed by atoms with Crippen LogP contribution in [-0.4, -0.2) is 29.7 Å². The first-order chi connectivity index (χ1) is 21.1. The Morgan fingerprint density at radius 3 is 2.36 bits per heavy atom. The van der Waals surface area contributed by atoms with Gasteiger partial charge in [0.1, 0.15) is 5.69 Å². The number of aromatic amines is 1. The summed E-state index contributed by atoms with van der Waals surface area (Å²) in [5.74, 6) is -1.09. The average molecular weight is 640 g/mol. The third kappa shape index (κ3) is 6.41. The first-order valence-electron chi connectivity index (χ1n) is 13.1. The normalized spacial score (nSPS) is 11.6. The summed E-state index contributed by atoms with van der Waals surface area (Å²) in [7, 11) is 0. The molecule has 0 atom stereocenters. The number of nitrogens with one attached hydrogen (secondary N) is 2. The highest BCUT2D eigenvalue weighted by molar-refractivity contribution is 6.34. The van der Waals surface area contributed by atoms with E-state index in [1.165, 1.54) is 30.5 Å². The lowest BCUT2D eigenvalue weighted by Gasteiger charge is -2.12. The molecule has 12 heteroatoms. The van der Waals surface area contributed by atoms with E-state index in [1.54, 1.807) is 61.5 Å². The van der Waals surface area contributed by atoms with Crippen LogP contribution < -0.4 is 14.9 Å². The number of nitrogens with zero attached hydrogens (tertiary/aromatic N) is 1. The van der Waals surface area contributed by atoms with E-state index >= 15 is 0 Å². The predicted molar refractivity (Wildman–Crippen MR) is 163 cm³/mol. The van der Waals surface area contributed by atoms with Crippen LogP contribution in [0.3, 0.4) is 0 Å². The maximum atomic E-state index is 13.8. The number of carbonyl (C=O) groups is 2. The largest absolute Gasteiger partial charge is 0.490 e. The summed E-state index contributed by atoms with van der Waals surface area (Å²) < 4.78 is 52.5. The van der Waals surface area contributed by atoms with Crippen molar-refractivity contribution in [2.24, 2.45) is 5.10 Å². The molecule has 1 heterocycles. The SMILES string of the molecule is CCOc1cc(C=NNC(=O)c2[nH]c3c(C(F)(F)F)cccc3c2-c2ccccc2Cl)ccc1OC(=O)c1ccccc1Cl. The van der Waals surface area contributed by atoms with E-state index in [-0.39, 0.29) is 55.9 Å². The van der Waals surface area contributed by atoms with Gasteiger partial charge in [-0.1, -0.05) is 65.7 Å². The first kappa shape index (κ1) is 30.7. The molecule has 224 valence electrons. The quantitative estimate of drug-likeness (QED) is 0.0770.